The van der Waals surface area contributed by atoms with Crippen LogP contribution in [0.5, 0.6) is 0 Å². The van der Waals surface area contributed by atoms with Crippen molar-refractivity contribution in [1.82, 2.24) is 9.80 Å². The van der Waals surface area contributed by atoms with Crippen molar-refractivity contribution in [2.75, 3.05) is 26.7 Å². The third-order valence-corrected chi connectivity index (χ3v) is 4.89. The number of carbonyl (C=O) groups excluding carboxylic acids is 1. The summed E-state index contributed by atoms with van der Waals surface area (Å²) in [7, 11) is 2.09. The SMILES string of the molecule is CC1CCN(C(=O)CN(C)C2CCC(N)CC2)CC1. The molecule has 4 heteroatoms. The molecule has 0 unspecified atom stereocenters. The van der Waals surface area contributed by atoms with Gasteiger partial charge in [0.1, 0.15) is 0 Å². The molecular formula is C15H29N3O. The molecule has 1 heterocycles. The van der Waals surface area contributed by atoms with Gasteiger partial charge in [0.2, 0.25) is 5.91 Å². The summed E-state index contributed by atoms with van der Waals surface area (Å²) in [5.74, 6) is 1.09. The van der Waals surface area contributed by atoms with Crippen molar-refractivity contribution in [3.8, 4) is 0 Å². The molecule has 1 amide bonds. The predicted molar refractivity (Wildman–Crippen MR) is 77.8 cm³/mol. The standard InChI is InChI=1S/C15H29N3O/c1-12-7-9-18(10-8-12)15(19)11-17(2)14-5-3-13(16)4-6-14/h12-14H,3-11,16H2,1-2H3. The lowest BCUT2D eigenvalue weighted by Crippen LogP contribution is -2.46. The lowest BCUT2D eigenvalue weighted by atomic mass is 9.91. The molecule has 0 atom stereocenters. The summed E-state index contributed by atoms with van der Waals surface area (Å²) in [6.07, 6.45) is 6.81. The number of hydrogen-bond donors (Lipinski definition) is 1. The Balaban J connectivity index is 1.75. The fourth-order valence-electron chi connectivity index (χ4n) is 3.24. The molecule has 0 spiro atoms. The number of nitrogens with two attached hydrogens (primary N) is 1. The van der Waals surface area contributed by atoms with E-state index >= 15 is 0 Å². The second kappa shape index (κ2) is 6.71. The number of amides is 1. The van der Waals surface area contributed by atoms with Gasteiger partial charge in [0.05, 0.1) is 6.54 Å². The summed E-state index contributed by atoms with van der Waals surface area (Å²) in [5, 5.41) is 0. The van der Waals surface area contributed by atoms with E-state index in [1.807, 2.05) is 4.90 Å². The zero-order valence-electron chi connectivity index (χ0n) is 12.5. The summed E-state index contributed by atoms with van der Waals surface area (Å²) in [5.41, 5.74) is 5.93. The van der Waals surface area contributed by atoms with Crippen molar-refractivity contribution in [2.24, 2.45) is 11.7 Å². The maximum Gasteiger partial charge on any atom is 0.236 e. The Hall–Kier alpha value is -0.610. The van der Waals surface area contributed by atoms with Gasteiger partial charge in [-0.3, -0.25) is 9.69 Å². The average molecular weight is 267 g/mol. The molecule has 2 aliphatic rings. The molecule has 1 aliphatic carbocycles. The first kappa shape index (κ1) is 14.8. The topological polar surface area (TPSA) is 49.6 Å². The van der Waals surface area contributed by atoms with E-state index in [4.69, 9.17) is 5.73 Å². The Morgan fingerprint density at radius 3 is 2.32 bits per heavy atom. The number of hydrogen-bond acceptors (Lipinski definition) is 3. The van der Waals surface area contributed by atoms with Crippen LogP contribution >= 0.6 is 0 Å². The van der Waals surface area contributed by atoms with Crippen LogP contribution in [0.4, 0.5) is 0 Å². The zero-order valence-corrected chi connectivity index (χ0v) is 12.5. The van der Waals surface area contributed by atoms with Gasteiger partial charge in [-0.2, -0.15) is 0 Å². The van der Waals surface area contributed by atoms with Gasteiger partial charge in [-0.25, -0.2) is 0 Å². The van der Waals surface area contributed by atoms with Gasteiger partial charge in [0.25, 0.3) is 0 Å². The molecule has 2 N–H and O–H groups in total. The molecule has 0 bridgehead atoms. The average Bonchev–Trinajstić information content (AvgIpc) is 2.40. The van der Waals surface area contributed by atoms with Gasteiger partial charge in [0, 0.05) is 25.2 Å². The molecule has 2 rings (SSSR count). The molecule has 0 aromatic carbocycles. The lowest BCUT2D eigenvalue weighted by molar-refractivity contribution is -0.134. The van der Waals surface area contributed by atoms with Crippen molar-refractivity contribution >= 4 is 5.91 Å². The van der Waals surface area contributed by atoms with E-state index in [1.54, 1.807) is 0 Å². The Kier molecular flexibility index (Phi) is 5.22. The molecule has 4 nitrogen and oxygen atoms in total. The third-order valence-electron chi connectivity index (χ3n) is 4.89. The Morgan fingerprint density at radius 1 is 1.16 bits per heavy atom. The second-order valence-corrected chi connectivity index (χ2v) is 6.55. The Morgan fingerprint density at radius 2 is 1.74 bits per heavy atom. The van der Waals surface area contributed by atoms with Crippen LogP contribution in [-0.2, 0) is 4.79 Å². The highest BCUT2D eigenvalue weighted by molar-refractivity contribution is 5.78. The van der Waals surface area contributed by atoms with Gasteiger partial charge >= 0.3 is 0 Å². The molecule has 2 fully saturated rings. The third kappa shape index (κ3) is 4.18. The number of carbonyl (C=O) groups is 1. The highest BCUT2D eigenvalue weighted by Crippen LogP contribution is 2.21. The van der Waals surface area contributed by atoms with Gasteiger partial charge < -0.3 is 10.6 Å². The van der Waals surface area contributed by atoms with E-state index in [0.717, 1.165) is 57.5 Å². The van der Waals surface area contributed by atoms with Gasteiger partial charge in [-0.05, 0) is 51.5 Å². The lowest BCUT2D eigenvalue weighted by Gasteiger charge is -2.36. The number of rotatable bonds is 3. The molecule has 1 saturated heterocycles. The maximum absolute atomic E-state index is 12.3. The summed E-state index contributed by atoms with van der Waals surface area (Å²) < 4.78 is 0. The molecule has 19 heavy (non-hydrogen) atoms. The quantitative estimate of drug-likeness (QED) is 0.842. The Labute approximate surface area is 117 Å². The smallest absolute Gasteiger partial charge is 0.236 e. The number of nitrogens with zero attached hydrogens (tertiary/aromatic N) is 2. The maximum atomic E-state index is 12.3. The van der Waals surface area contributed by atoms with E-state index < -0.39 is 0 Å². The minimum atomic E-state index is 0.310. The van der Waals surface area contributed by atoms with Crippen LogP contribution in [0.3, 0.4) is 0 Å². The summed E-state index contributed by atoms with van der Waals surface area (Å²) >= 11 is 0. The van der Waals surface area contributed by atoms with Crippen LogP contribution in [-0.4, -0.2) is 54.5 Å². The second-order valence-electron chi connectivity index (χ2n) is 6.55. The van der Waals surface area contributed by atoms with E-state index in [2.05, 4.69) is 18.9 Å². The highest BCUT2D eigenvalue weighted by Gasteiger charge is 2.26. The van der Waals surface area contributed by atoms with Crippen molar-refractivity contribution in [3.63, 3.8) is 0 Å². The highest BCUT2D eigenvalue weighted by atomic mass is 16.2. The van der Waals surface area contributed by atoms with Crippen LogP contribution in [0.1, 0.15) is 45.4 Å². The van der Waals surface area contributed by atoms with Crippen molar-refractivity contribution in [3.05, 3.63) is 0 Å². The molecule has 1 saturated carbocycles. The van der Waals surface area contributed by atoms with E-state index in [-0.39, 0.29) is 0 Å². The largest absolute Gasteiger partial charge is 0.342 e. The molecular weight excluding hydrogens is 238 g/mol. The first-order valence-corrected chi connectivity index (χ1v) is 7.80. The van der Waals surface area contributed by atoms with Crippen molar-refractivity contribution in [1.29, 1.82) is 0 Å². The summed E-state index contributed by atoms with van der Waals surface area (Å²) in [6.45, 7) is 4.75. The zero-order chi connectivity index (χ0) is 13.8. The molecule has 110 valence electrons. The number of likely N-dealkylation sites (N-methyl/N-ethyl adjacent to an activating group) is 1. The summed E-state index contributed by atoms with van der Waals surface area (Å²) in [6, 6.07) is 0.927. The Bertz CT molecular complexity index is 292. The molecule has 0 aromatic heterocycles. The molecule has 0 aromatic rings. The van der Waals surface area contributed by atoms with Gasteiger partial charge in [-0.15, -0.1) is 0 Å². The van der Waals surface area contributed by atoms with Crippen molar-refractivity contribution in [2.45, 2.75) is 57.5 Å². The van der Waals surface area contributed by atoms with Crippen LogP contribution in [0.25, 0.3) is 0 Å². The fourth-order valence-corrected chi connectivity index (χ4v) is 3.24. The normalized spacial score (nSPS) is 29.8. The van der Waals surface area contributed by atoms with E-state index in [0.29, 0.717) is 24.5 Å². The number of piperidine rings is 1. The van der Waals surface area contributed by atoms with Crippen LogP contribution in [0.2, 0.25) is 0 Å². The minimum Gasteiger partial charge on any atom is -0.342 e. The van der Waals surface area contributed by atoms with Gasteiger partial charge in [0.15, 0.2) is 0 Å². The molecule has 1 aliphatic heterocycles. The first-order valence-electron chi connectivity index (χ1n) is 7.80. The van der Waals surface area contributed by atoms with Crippen LogP contribution < -0.4 is 5.73 Å². The molecule has 0 radical (unpaired) electrons. The van der Waals surface area contributed by atoms with Gasteiger partial charge in [-0.1, -0.05) is 6.92 Å². The predicted octanol–water partition coefficient (Wildman–Crippen LogP) is 1.45. The fraction of sp³-hybridized carbons (Fsp3) is 0.933. The first-order chi connectivity index (χ1) is 9.06. The van der Waals surface area contributed by atoms with E-state index in [9.17, 15) is 4.79 Å². The van der Waals surface area contributed by atoms with E-state index in [1.165, 1.54) is 0 Å². The van der Waals surface area contributed by atoms with Crippen molar-refractivity contribution < 1.29 is 4.79 Å². The van der Waals surface area contributed by atoms with Crippen LogP contribution in [0, 0.1) is 5.92 Å². The number of likely N-dealkylation sites (tertiary alicyclic amines) is 1. The van der Waals surface area contributed by atoms with Crippen LogP contribution in [0.15, 0.2) is 0 Å². The summed E-state index contributed by atoms with van der Waals surface area (Å²) in [4.78, 5) is 16.6. The monoisotopic (exact) mass is 267 g/mol. The minimum absolute atomic E-state index is 0.310.